The number of hydrogen-bond donors (Lipinski definition) is 1. The predicted octanol–water partition coefficient (Wildman–Crippen LogP) is 3.72. The Morgan fingerprint density at radius 2 is 1.77 bits per heavy atom. The maximum absolute atomic E-state index is 12.1. The molecule has 1 saturated heterocycles. The normalized spacial score (nSPS) is 16.8. The molecule has 0 aliphatic carbocycles. The summed E-state index contributed by atoms with van der Waals surface area (Å²) < 4.78 is 5.56. The highest BCUT2D eigenvalue weighted by Gasteiger charge is 2.24. The largest absolute Gasteiger partial charge is 0.484 e. The minimum Gasteiger partial charge on any atom is -0.484 e. The van der Waals surface area contributed by atoms with Crippen LogP contribution in [0, 0.1) is 6.92 Å². The van der Waals surface area contributed by atoms with E-state index < -0.39 is 0 Å². The van der Waals surface area contributed by atoms with Crippen molar-refractivity contribution in [3.63, 3.8) is 0 Å². The van der Waals surface area contributed by atoms with Crippen LogP contribution in [0.4, 0.5) is 0 Å². The summed E-state index contributed by atoms with van der Waals surface area (Å²) in [6, 6.07) is 19.0. The van der Waals surface area contributed by atoms with Crippen LogP contribution in [0.5, 0.6) is 5.75 Å². The van der Waals surface area contributed by atoms with Gasteiger partial charge in [-0.25, -0.2) is 0 Å². The first kappa shape index (κ1) is 18.5. The Kier molecular flexibility index (Phi) is 6.29. The highest BCUT2D eigenvalue weighted by atomic mass is 16.5. The monoisotopic (exact) mass is 352 g/mol. The third-order valence-corrected chi connectivity index (χ3v) is 5.12. The zero-order valence-electron chi connectivity index (χ0n) is 15.7. The molecule has 1 N–H and O–H groups in total. The van der Waals surface area contributed by atoms with Gasteiger partial charge in [-0.15, -0.1) is 0 Å². The van der Waals surface area contributed by atoms with Crippen LogP contribution >= 0.6 is 0 Å². The second-order valence-corrected chi connectivity index (χ2v) is 7.07. The van der Waals surface area contributed by atoms with E-state index in [-0.39, 0.29) is 18.6 Å². The van der Waals surface area contributed by atoms with E-state index in [2.05, 4.69) is 47.5 Å². The van der Waals surface area contributed by atoms with Gasteiger partial charge in [0.1, 0.15) is 5.75 Å². The quantitative estimate of drug-likeness (QED) is 0.862. The summed E-state index contributed by atoms with van der Waals surface area (Å²) >= 11 is 0. The molecular weight excluding hydrogens is 324 g/mol. The Morgan fingerprint density at radius 1 is 1.12 bits per heavy atom. The fraction of sp³-hybridized carbons (Fsp3) is 0.409. The second-order valence-electron chi connectivity index (χ2n) is 7.07. The van der Waals surface area contributed by atoms with Crippen LogP contribution in [0.1, 0.15) is 36.9 Å². The van der Waals surface area contributed by atoms with Crippen LogP contribution in [-0.2, 0) is 4.79 Å². The number of hydrogen-bond acceptors (Lipinski definition) is 3. The average Bonchev–Trinajstić information content (AvgIpc) is 2.68. The lowest BCUT2D eigenvalue weighted by molar-refractivity contribution is -0.124. The summed E-state index contributed by atoms with van der Waals surface area (Å²) in [5, 5.41) is 3.11. The van der Waals surface area contributed by atoms with Gasteiger partial charge in [-0.3, -0.25) is 9.69 Å². The molecule has 2 aromatic carbocycles. The third kappa shape index (κ3) is 5.09. The minimum absolute atomic E-state index is 0.0415. The van der Waals surface area contributed by atoms with E-state index in [0.717, 1.165) is 31.7 Å². The zero-order chi connectivity index (χ0) is 18.4. The van der Waals surface area contributed by atoms with Gasteiger partial charge in [0, 0.05) is 25.2 Å². The Balaban J connectivity index is 1.40. The number of ether oxygens (including phenoxy) is 1. The molecule has 0 unspecified atom stereocenters. The smallest absolute Gasteiger partial charge is 0.258 e. The van der Waals surface area contributed by atoms with E-state index in [4.69, 9.17) is 4.74 Å². The molecule has 1 aliphatic rings. The Morgan fingerprint density at radius 3 is 2.42 bits per heavy atom. The van der Waals surface area contributed by atoms with Crippen LogP contribution in [0.15, 0.2) is 54.6 Å². The number of piperidine rings is 1. The summed E-state index contributed by atoms with van der Waals surface area (Å²) in [5.41, 5.74) is 2.53. The molecule has 1 fully saturated rings. The van der Waals surface area contributed by atoms with Gasteiger partial charge in [-0.1, -0.05) is 48.0 Å². The summed E-state index contributed by atoms with van der Waals surface area (Å²) in [7, 11) is 0. The SMILES string of the molecule is Cc1ccc(OCC(=O)NC2CCN([C@@H](C)c3ccccc3)CC2)cc1. The van der Waals surface area contributed by atoms with Crippen molar-refractivity contribution in [1.29, 1.82) is 0 Å². The van der Waals surface area contributed by atoms with Gasteiger partial charge in [-0.2, -0.15) is 0 Å². The van der Waals surface area contributed by atoms with Crippen molar-refractivity contribution in [2.75, 3.05) is 19.7 Å². The van der Waals surface area contributed by atoms with Gasteiger partial charge >= 0.3 is 0 Å². The number of likely N-dealkylation sites (tertiary alicyclic amines) is 1. The van der Waals surface area contributed by atoms with Crippen LogP contribution in [-0.4, -0.2) is 36.5 Å². The predicted molar refractivity (Wildman–Crippen MR) is 104 cm³/mol. The van der Waals surface area contributed by atoms with Crippen molar-refractivity contribution in [1.82, 2.24) is 10.2 Å². The van der Waals surface area contributed by atoms with E-state index in [0.29, 0.717) is 6.04 Å². The van der Waals surface area contributed by atoms with Crippen molar-refractivity contribution in [2.45, 2.75) is 38.8 Å². The molecular formula is C22H28N2O2. The van der Waals surface area contributed by atoms with Crippen LogP contribution in [0.25, 0.3) is 0 Å². The van der Waals surface area contributed by atoms with Gasteiger partial charge < -0.3 is 10.1 Å². The Bertz CT molecular complexity index is 692. The molecule has 0 bridgehead atoms. The first-order valence-electron chi connectivity index (χ1n) is 9.39. The highest BCUT2D eigenvalue weighted by Crippen LogP contribution is 2.24. The summed E-state index contributed by atoms with van der Waals surface area (Å²) in [6.07, 6.45) is 1.96. The van der Waals surface area contributed by atoms with E-state index in [9.17, 15) is 4.79 Å². The fourth-order valence-corrected chi connectivity index (χ4v) is 3.43. The summed E-state index contributed by atoms with van der Waals surface area (Å²) in [5.74, 6) is 0.692. The molecule has 138 valence electrons. The number of carbonyl (C=O) groups is 1. The second kappa shape index (κ2) is 8.86. The number of nitrogens with one attached hydrogen (secondary N) is 1. The maximum atomic E-state index is 12.1. The van der Waals surface area contributed by atoms with Crippen molar-refractivity contribution in [3.8, 4) is 5.75 Å². The lowest BCUT2D eigenvalue weighted by Crippen LogP contribution is -2.46. The van der Waals surface area contributed by atoms with Crippen molar-refractivity contribution >= 4 is 5.91 Å². The Hall–Kier alpha value is -2.33. The molecule has 1 atom stereocenters. The van der Waals surface area contributed by atoms with Crippen molar-refractivity contribution in [3.05, 3.63) is 65.7 Å². The fourth-order valence-electron chi connectivity index (χ4n) is 3.43. The molecule has 0 aromatic heterocycles. The first-order valence-corrected chi connectivity index (χ1v) is 9.39. The molecule has 0 saturated carbocycles. The Labute approximate surface area is 156 Å². The molecule has 1 heterocycles. The topological polar surface area (TPSA) is 41.6 Å². The third-order valence-electron chi connectivity index (χ3n) is 5.12. The molecule has 0 radical (unpaired) electrons. The van der Waals surface area contributed by atoms with Gasteiger partial charge in [0.2, 0.25) is 0 Å². The first-order chi connectivity index (χ1) is 12.6. The van der Waals surface area contributed by atoms with Crippen LogP contribution in [0.2, 0.25) is 0 Å². The molecule has 4 nitrogen and oxygen atoms in total. The molecule has 0 spiro atoms. The summed E-state index contributed by atoms with van der Waals surface area (Å²) in [6.45, 7) is 6.36. The zero-order valence-corrected chi connectivity index (χ0v) is 15.7. The number of nitrogens with zero attached hydrogens (tertiary/aromatic N) is 1. The number of benzene rings is 2. The molecule has 26 heavy (non-hydrogen) atoms. The van der Waals surface area contributed by atoms with Gasteiger partial charge in [-0.05, 0) is 44.4 Å². The lowest BCUT2D eigenvalue weighted by Gasteiger charge is -2.36. The van der Waals surface area contributed by atoms with E-state index >= 15 is 0 Å². The lowest BCUT2D eigenvalue weighted by atomic mass is 10.00. The molecule has 1 amide bonds. The van der Waals surface area contributed by atoms with E-state index in [1.165, 1.54) is 11.1 Å². The van der Waals surface area contributed by atoms with E-state index in [1.54, 1.807) is 0 Å². The average molecular weight is 352 g/mol. The maximum Gasteiger partial charge on any atom is 0.258 e. The summed E-state index contributed by atoms with van der Waals surface area (Å²) in [4.78, 5) is 14.6. The minimum atomic E-state index is -0.0415. The standard InChI is InChI=1S/C22H28N2O2/c1-17-8-10-21(11-9-17)26-16-22(25)23-20-12-14-24(15-13-20)18(2)19-6-4-3-5-7-19/h3-11,18,20H,12-16H2,1-2H3,(H,23,25)/t18-/m0/s1. The molecule has 2 aromatic rings. The number of rotatable bonds is 6. The number of amides is 1. The van der Waals surface area contributed by atoms with E-state index in [1.807, 2.05) is 31.2 Å². The number of carbonyl (C=O) groups excluding carboxylic acids is 1. The van der Waals surface area contributed by atoms with Crippen LogP contribution < -0.4 is 10.1 Å². The molecule has 4 heteroatoms. The van der Waals surface area contributed by atoms with Gasteiger partial charge in [0.25, 0.3) is 5.91 Å². The van der Waals surface area contributed by atoms with Gasteiger partial charge in [0.05, 0.1) is 0 Å². The number of aryl methyl sites for hydroxylation is 1. The van der Waals surface area contributed by atoms with Gasteiger partial charge in [0.15, 0.2) is 6.61 Å². The molecule has 3 rings (SSSR count). The highest BCUT2D eigenvalue weighted by molar-refractivity contribution is 5.77. The van der Waals surface area contributed by atoms with Crippen molar-refractivity contribution in [2.24, 2.45) is 0 Å². The van der Waals surface area contributed by atoms with Crippen LogP contribution in [0.3, 0.4) is 0 Å². The van der Waals surface area contributed by atoms with Crippen molar-refractivity contribution < 1.29 is 9.53 Å². The molecule has 1 aliphatic heterocycles.